The molecule has 3 rings (SSSR count). The molecule has 0 radical (unpaired) electrons. The minimum atomic E-state index is -0.0476. The van der Waals surface area contributed by atoms with Crippen molar-refractivity contribution in [1.29, 1.82) is 0 Å². The first-order valence-electron chi connectivity index (χ1n) is 6.74. The molecule has 3 N–H and O–H groups in total. The molecule has 0 aliphatic carbocycles. The quantitative estimate of drug-likeness (QED) is 0.842. The second-order valence-corrected chi connectivity index (χ2v) is 5.41. The lowest BCUT2D eigenvalue weighted by Crippen LogP contribution is -2.32. The number of carbonyl (C=O) groups is 1. The lowest BCUT2D eigenvalue weighted by Gasteiger charge is -2.16. The summed E-state index contributed by atoms with van der Waals surface area (Å²) < 4.78 is 1.83. The van der Waals surface area contributed by atoms with Crippen LogP contribution in [0.15, 0.2) is 24.7 Å². The average molecular weight is 273 g/mol. The van der Waals surface area contributed by atoms with Crippen LogP contribution in [0.1, 0.15) is 27.5 Å². The molecule has 6 heteroatoms. The zero-order chi connectivity index (χ0) is 14.3. The topological polar surface area (TPSA) is 79.9 Å². The number of amides is 1. The van der Waals surface area contributed by atoms with Crippen LogP contribution in [0.25, 0.3) is 0 Å². The monoisotopic (exact) mass is 273 g/mol. The van der Waals surface area contributed by atoms with Gasteiger partial charge in [0.15, 0.2) is 0 Å². The molecule has 6 nitrogen and oxygen atoms in total. The first-order chi connectivity index (χ1) is 9.58. The zero-order valence-electron chi connectivity index (χ0n) is 11.7. The lowest BCUT2D eigenvalue weighted by atomic mass is 10.0. The number of carbonyl (C=O) groups excluding carboxylic acids is 1. The highest BCUT2D eigenvalue weighted by Gasteiger charge is 2.36. The van der Waals surface area contributed by atoms with E-state index in [-0.39, 0.29) is 17.9 Å². The summed E-state index contributed by atoms with van der Waals surface area (Å²) in [5.74, 6) is 0.189. The van der Waals surface area contributed by atoms with Crippen LogP contribution in [0.2, 0.25) is 0 Å². The van der Waals surface area contributed by atoms with Crippen LogP contribution in [0.4, 0.5) is 0 Å². The summed E-state index contributed by atoms with van der Waals surface area (Å²) >= 11 is 0. The molecule has 106 valence electrons. The van der Waals surface area contributed by atoms with E-state index in [4.69, 9.17) is 5.73 Å². The van der Waals surface area contributed by atoms with Gasteiger partial charge in [0.25, 0.3) is 5.91 Å². The molecule has 0 unspecified atom stereocenters. The molecular weight excluding hydrogens is 254 g/mol. The molecule has 2 atom stereocenters. The number of aromatic nitrogens is 3. The third kappa shape index (κ3) is 2.02. The zero-order valence-corrected chi connectivity index (χ0v) is 11.7. The van der Waals surface area contributed by atoms with Crippen molar-refractivity contribution >= 4 is 5.91 Å². The summed E-state index contributed by atoms with van der Waals surface area (Å²) in [5.41, 5.74) is 8.99. The van der Waals surface area contributed by atoms with Gasteiger partial charge in [-0.15, -0.1) is 0 Å². The van der Waals surface area contributed by atoms with Crippen molar-refractivity contribution in [2.45, 2.75) is 18.9 Å². The summed E-state index contributed by atoms with van der Waals surface area (Å²) in [5, 5.41) is 4.18. The van der Waals surface area contributed by atoms with Crippen molar-refractivity contribution in [1.82, 2.24) is 19.7 Å². The maximum Gasteiger partial charge on any atom is 0.255 e. The highest BCUT2D eigenvalue weighted by molar-refractivity contribution is 5.95. The number of nitrogens with zero attached hydrogens (tertiary/aromatic N) is 3. The van der Waals surface area contributed by atoms with Gasteiger partial charge in [0.1, 0.15) is 0 Å². The average Bonchev–Trinajstić information content (AvgIpc) is 3.09. The van der Waals surface area contributed by atoms with Crippen molar-refractivity contribution in [2.24, 2.45) is 12.8 Å². The Kier molecular flexibility index (Phi) is 3.10. The predicted octanol–water partition coefficient (Wildman–Crippen LogP) is 0.624. The fourth-order valence-electron chi connectivity index (χ4n) is 2.90. The van der Waals surface area contributed by atoms with E-state index >= 15 is 0 Å². The summed E-state index contributed by atoms with van der Waals surface area (Å²) in [6.45, 7) is 3.15. The largest absolute Gasteiger partial charge is 0.367 e. The molecule has 1 aliphatic rings. The summed E-state index contributed by atoms with van der Waals surface area (Å²) in [6.07, 6.45) is 5.35. The number of nitrogens with two attached hydrogens (primary N) is 1. The number of hydrogen-bond donors (Lipinski definition) is 2. The highest BCUT2D eigenvalue weighted by Crippen LogP contribution is 2.27. The Bertz CT molecular complexity index is 629. The number of aromatic amines is 1. The van der Waals surface area contributed by atoms with E-state index in [0.29, 0.717) is 13.1 Å². The fourth-order valence-corrected chi connectivity index (χ4v) is 2.90. The molecule has 0 spiro atoms. The minimum Gasteiger partial charge on any atom is -0.367 e. The van der Waals surface area contributed by atoms with Gasteiger partial charge >= 0.3 is 0 Å². The Hall–Kier alpha value is -2.08. The second kappa shape index (κ2) is 4.79. The molecule has 1 aliphatic heterocycles. The summed E-state index contributed by atoms with van der Waals surface area (Å²) in [4.78, 5) is 17.3. The molecule has 20 heavy (non-hydrogen) atoms. The van der Waals surface area contributed by atoms with Gasteiger partial charge in [0.2, 0.25) is 0 Å². The van der Waals surface area contributed by atoms with Crippen LogP contribution in [0.3, 0.4) is 0 Å². The van der Waals surface area contributed by atoms with Crippen LogP contribution >= 0.6 is 0 Å². The Morgan fingerprint density at radius 3 is 2.85 bits per heavy atom. The van der Waals surface area contributed by atoms with Crippen molar-refractivity contribution < 1.29 is 4.79 Å². The molecule has 1 saturated heterocycles. The number of nitrogens with one attached hydrogen (secondary N) is 1. The van der Waals surface area contributed by atoms with E-state index in [1.807, 2.05) is 35.8 Å². The summed E-state index contributed by atoms with van der Waals surface area (Å²) in [6, 6.07) is 1.92. The second-order valence-electron chi connectivity index (χ2n) is 5.41. The van der Waals surface area contributed by atoms with Gasteiger partial charge in [0, 0.05) is 56.4 Å². The molecule has 3 heterocycles. The molecule has 2 aromatic rings. The number of likely N-dealkylation sites (tertiary alicyclic amines) is 1. The van der Waals surface area contributed by atoms with Crippen molar-refractivity contribution in [3.8, 4) is 0 Å². The Morgan fingerprint density at radius 2 is 2.25 bits per heavy atom. The van der Waals surface area contributed by atoms with E-state index in [1.165, 1.54) is 0 Å². The first-order valence-corrected chi connectivity index (χ1v) is 6.74. The number of hydrogen-bond acceptors (Lipinski definition) is 3. The minimum absolute atomic E-state index is 0.0452. The van der Waals surface area contributed by atoms with Gasteiger partial charge in [-0.25, -0.2) is 0 Å². The SMILES string of the molecule is Cc1c[nH]cc1C(=O)N1C[C@@H](N)[C@H](c2ccnn2C)C1. The van der Waals surface area contributed by atoms with Crippen LogP contribution in [-0.2, 0) is 7.05 Å². The van der Waals surface area contributed by atoms with Crippen molar-refractivity contribution in [3.05, 3.63) is 41.5 Å². The van der Waals surface area contributed by atoms with Gasteiger partial charge in [-0.05, 0) is 18.6 Å². The van der Waals surface area contributed by atoms with E-state index in [1.54, 1.807) is 12.4 Å². The molecule has 0 saturated carbocycles. The maximum absolute atomic E-state index is 12.5. The van der Waals surface area contributed by atoms with Crippen LogP contribution in [0.5, 0.6) is 0 Å². The molecule has 0 bridgehead atoms. The maximum atomic E-state index is 12.5. The first kappa shape index (κ1) is 12.9. The molecular formula is C14H19N5O. The van der Waals surface area contributed by atoms with E-state index in [0.717, 1.165) is 16.8 Å². The molecule has 1 fully saturated rings. The van der Waals surface area contributed by atoms with Crippen LogP contribution in [-0.4, -0.2) is 44.7 Å². The molecule has 2 aromatic heterocycles. The van der Waals surface area contributed by atoms with Crippen LogP contribution < -0.4 is 5.73 Å². The van der Waals surface area contributed by atoms with E-state index < -0.39 is 0 Å². The van der Waals surface area contributed by atoms with Gasteiger partial charge < -0.3 is 15.6 Å². The third-order valence-corrected chi connectivity index (χ3v) is 4.07. The normalized spacial score (nSPS) is 22.4. The lowest BCUT2D eigenvalue weighted by molar-refractivity contribution is 0.0788. The predicted molar refractivity (Wildman–Crippen MR) is 75.4 cm³/mol. The molecule has 0 aromatic carbocycles. The van der Waals surface area contributed by atoms with E-state index in [2.05, 4.69) is 10.1 Å². The van der Waals surface area contributed by atoms with Crippen molar-refractivity contribution in [3.63, 3.8) is 0 Å². The Morgan fingerprint density at radius 1 is 1.45 bits per heavy atom. The Labute approximate surface area is 117 Å². The van der Waals surface area contributed by atoms with Gasteiger partial charge in [-0.1, -0.05) is 0 Å². The smallest absolute Gasteiger partial charge is 0.255 e. The third-order valence-electron chi connectivity index (χ3n) is 4.07. The van der Waals surface area contributed by atoms with Gasteiger partial charge in [0.05, 0.1) is 5.56 Å². The van der Waals surface area contributed by atoms with Crippen LogP contribution in [0, 0.1) is 6.92 Å². The van der Waals surface area contributed by atoms with E-state index in [9.17, 15) is 4.79 Å². The molecule has 1 amide bonds. The summed E-state index contributed by atoms with van der Waals surface area (Å²) in [7, 11) is 1.91. The van der Waals surface area contributed by atoms with Gasteiger partial charge in [-0.2, -0.15) is 5.10 Å². The Balaban J connectivity index is 1.80. The standard InChI is InChI=1S/C14H19N5O/c1-9-5-16-6-10(9)14(20)19-7-11(12(15)8-19)13-3-4-17-18(13)2/h3-6,11-12,16H,7-8,15H2,1-2H3/t11-,12-/m1/s1. The number of rotatable bonds is 2. The van der Waals surface area contributed by atoms with Crippen molar-refractivity contribution in [2.75, 3.05) is 13.1 Å². The fraction of sp³-hybridized carbons (Fsp3) is 0.429. The number of aryl methyl sites for hydroxylation is 2. The van der Waals surface area contributed by atoms with Gasteiger partial charge in [-0.3, -0.25) is 9.48 Å². The highest BCUT2D eigenvalue weighted by atomic mass is 16.2. The number of H-pyrrole nitrogens is 1.